The number of amides is 1. The molecule has 90 valence electrons. The lowest BCUT2D eigenvalue weighted by Gasteiger charge is -2.17. The zero-order valence-electron chi connectivity index (χ0n) is 10.4. The van der Waals surface area contributed by atoms with Crippen molar-refractivity contribution < 1.29 is 4.79 Å². The molecular weight excluding hydrogens is 208 g/mol. The van der Waals surface area contributed by atoms with Crippen LogP contribution in [0.5, 0.6) is 0 Å². The van der Waals surface area contributed by atoms with Gasteiger partial charge in [0.2, 0.25) is 5.91 Å². The van der Waals surface area contributed by atoms with Crippen LogP contribution in [-0.4, -0.2) is 49.5 Å². The minimum absolute atomic E-state index is 0.0550. The molecule has 4 heteroatoms. The van der Waals surface area contributed by atoms with Crippen LogP contribution in [0.15, 0.2) is 0 Å². The maximum absolute atomic E-state index is 11.5. The van der Waals surface area contributed by atoms with Crippen LogP contribution in [0.3, 0.4) is 0 Å². The smallest absolute Gasteiger partial charge is 0.238 e. The molecule has 0 aliphatic carbocycles. The quantitative estimate of drug-likeness (QED) is 0.645. The molecule has 1 N–H and O–H groups in total. The lowest BCUT2D eigenvalue weighted by atomic mass is 10.2. The first-order valence-corrected chi connectivity index (χ1v) is 6.92. The van der Waals surface area contributed by atoms with Crippen molar-refractivity contribution in [2.24, 2.45) is 0 Å². The van der Waals surface area contributed by atoms with Crippen molar-refractivity contribution in [2.75, 3.05) is 32.6 Å². The molecule has 1 atom stereocenters. The summed E-state index contributed by atoms with van der Waals surface area (Å²) >= 11 is 1.89. The Balaban J connectivity index is 3.39. The van der Waals surface area contributed by atoms with Gasteiger partial charge in [0.25, 0.3) is 0 Å². The van der Waals surface area contributed by atoms with Gasteiger partial charge < -0.3 is 10.2 Å². The van der Waals surface area contributed by atoms with Crippen molar-refractivity contribution in [3.05, 3.63) is 0 Å². The molecule has 0 aromatic carbocycles. The van der Waals surface area contributed by atoms with Crippen molar-refractivity contribution in [2.45, 2.75) is 32.2 Å². The highest BCUT2D eigenvalue weighted by Gasteiger charge is 2.12. The molecule has 1 amide bonds. The van der Waals surface area contributed by atoms with Gasteiger partial charge in [-0.05, 0) is 38.3 Å². The van der Waals surface area contributed by atoms with Gasteiger partial charge in [0.15, 0.2) is 0 Å². The first-order chi connectivity index (χ1) is 7.09. The van der Waals surface area contributed by atoms with Crippen LogP contribution in [0.4, 0.5) is 0 Å². The Labute approximate surface area is 98.0 Å². The zero-order chi connectivity index (χ0) is 11.7. The van der Waals surface area contributed by atoms with Gasteiger partial charge in [-0.15, -0.1) is 0 Å². The Morgan fingerprint density at radius 2 is 2.00 bits per heavy atom. The monoisotopic (exact) mass is 232 g/mol. The first-order valence-electron chi connectivity index (χ1n) is 5.53. The van der Waals surface area contributed by atoms with Crippen molar-refractivity contribution in [1.82, 2.24) is 10.2 Å². The maximum atomic E-state index is 11.5. The molecule has 15 heavy (non-hydrogen) atoms. The molecule has 0 saturated heterocycles. The number of hydrogen-bond donors (Lipinski definition) is 1. The Morgan fingerprint density at radius 3 is 2.53 bits per heavy atom. The van der Waals surface area contributed by atoms with E-state index in [1.807, 2.05) is 18.7 Å². The number of rotatable bonds is 8. The van der Waals surface area contributed by atoms with Gasteiger partial charge in [-0.1, -0.05) is 6.42 Å². The van der Waals surface area contributed by atoms with E-state index in [9.17, 15) is 4.79 Å². The van der Waals surface area contributed by atoms with E-state index in [-0.39, 0.29) is 11.9 Å². The second-order valence-electron chi connectivity index (χ2n) is 3.96. The molecule has 0 aliphatic rings. The fourth-order valence-corrected chi connectivity index (χ4v) is 1.83. The van der Waals surface area contributed by atoms with Gasteiger partial charge in [0, 0.05) is 14.1 Å². The van der Waals surface area contributed by atoms with Crippen LogP contribution in [-0.2, 0) is 4.79 Å². The van der Waals surface area contributed by atoms with Crippen molar-refractivity contribution in [3.63, 3.8) is 0 Å². The van der Waals surface area contributed by atoms with Gasteiger partial charge in [0.05, 0.1) is 6.04 Å². The molecule has 0 fully saturated rings. The molecule has 0 aromatic rings. The van der Waals surface area contributed by atoms with E-state index < -0.39 is 0 Å². The number of likely N-dealkylation sites (N-methyl/N-ethyl adjacent to an activating group) is 1. The minimum Gasteiger partial charge on any atom is -0.347 e. The summed E-state index contributed by atoms with van der Waals surface area (Å²) in [5, 5.41) is 3.24. The summed E-state index contributed by atoms with van der Waals surface area (Å²) in [6.07, 6.45) is 5.82. The summed E-state index contributed by atoms with van der Waals surface area (Å²) in [6.45, 7) is 2.86. The molecule has 3 nitrogen and oxygen atoms in total. The summed E-state index contributed by atoms with van der Waals surface area (Å²) in [7, 11) is 3.58. The number of carbonyl (C=O) groups excluding carboxylic acids is 1. The average molecular weight is 232 g/mol. The maximum Gasteiger partial charge on any atom is 0.238 e. The normalized spacial score (nSPS) is 12.5. The van der Waals surface area contributed by atoms with E-state index in [1.54, 1.807) is 19.0 Å². The molecule has 0 saturated carbocycles. The third-order valence-electron chi connectivity index (χ3n) is 2.29. The molecule has 0 radical (unpaired) electrons. The molecule has 0 aliphatic heterocycles. The SMILES string of the molecule is CSCCCCCNC(C)C(=O)N(C)C. The van der Waals surface area contributed by atoms with Gasteiger partial charge in [-0.3, -0.25) is 4.79 Å². The van der Waals surface area contributed by atoms with Crippen molar-refractivity contribution in [1.29, 1.82) is 0 Å². The predicted molar refractivity (Wildman–Crippen MR) is 68.4 cm³/mol. The number of hydrogen-bond acceptors (Lipinski definition) is 3. The number of nitrogens with zero attached hydrogens (tertiary/aromatic N) is 1. The highest BCUT2D eigenvalue weighted by molar-refractivity contribution is 7.98. The fourth-order valence-electron chi connectivity index (χ4n) is 1.34. The molecule has 0 aromatic heterocycles. The Hall–Kier alpha value is -0.220. The lowest BCUT2D eigenvalue weighted by Crippen LogP contribution is -2.41. The summed E-state index contributed by atoms with van der Waals surface area (Å²) in [4.78, 5) is 13.1. The fraction of sp³-hybridized carbons (Fsp3) is 0.909. The topological polar surface area (TPSA) is 32.3 Å². The molecule has 0 bridgehead atoms. The standard InChI is InChI=1S/C11H24N2OS/c1-10(11(14)13(2)3)12-8-6-5-7-9-15-4/h10,12H,5-9H2,1-4H3. The zero-order valence-corrected chi connectivity index (χ0v) is 11.2. The summed E-state index contributed by atoms with van der Waals surface area (Å²) in [5.74, 6) is 1.39. The van der Waals surface area contributed by atoms with E-state index in [2.05, 4.69) is 11.6 Å². The number of nitrogens with one attached hydrogen (secondary N) is 1. The van der Waals surface area contributed by atoms with E-state index in [0.29, 0.717) is 0 Å². The second-order valence-corrected chi connectivity index (χ2v) is 4.95. The van der Waals surface area contributed by atoms with Crippen LogP contribution in [0.1, 0.15) is 26.2 Å². The Bertz CT molecular complexity index is 174. The Kier molecular flexibility index (Phi) is 8.91. The summed E-state index contributed by atoms with van der Waals surface area (Å²) in [5.41, 5.74) is 0. The molecule has 0 heterocycles. The van der Waals surface area contributed by atoms with Crippen LogP contribution < -0.4 is 5.32 Å². The van der Waals surface area contributed by atoms with E-state index in [0.717, 1.165) is 13.0 Å². The van der Waals surface area contributed by atoms with E-state index >= 15 is 0 Å². The van der Waals surface area contributed by atoms with Crippen molar-refractivity contribution >= 4 is 17.7 Å². The first kappa shape index (κ1) is 14.8. The van der Waals surface area contributed by atoms with Gasteiger partial charge in [-0.2, -0.15) is 11.8 Å². The van der Waals surface area contributed by atoms with Gasteiger partial charge in [0.1, 0.15) is 0 Å². The van der Waals surface area contributed by atoms with E-state index in [1.165, 1.54) is 18.6 Å². The number of thioether (sulfide) groups is 1. The average Bonchev–Trinajstić information content (AvgIpc) is 2.21. The number of unbranched alkanes of at least 4 members (excludes halogenated alkanes) is 2. The second kappa shape index (κ2) is 9.04. The summed E-state index contributed by atoms with van der Waals surface area (Å²) < 4.78 is 0. The molecular formula is C11H24N2OS. The van der Waals surface area contributed by atoms with Crippen LogP contribution in [0.2, 0.25) is 0 Å². The third kappa shape index (κ3) is 7.68. The Morgan fingerprint density at radius 1 is 1.33 bits per heavy atom. The van der Waals surface area contributed by atoms with Gasteiger partial charge >= 0.3 is 0 Å². The van der Waals surface area contributed by atoms with Crippen molar-refractivity contribution in [3.8, 4) is 0 Å². The van der Waals surface area contributed by atoms with Crippen LogP contribution in [0, 0.1) is 0 Å². The molecule has 0 rings (SSSR count). The third-order valence-corrected chi connectivity index (χ3v) is 2.98. The predicted octanol–water partition coefficient (Wildman–Crippen LogP) is 1.59. The lowest BCUT2D eigenvalue weighted by molar-refractivity contribution is -0.130. The molecule has 0 spiro atoms. The summed E-state index contributed by atoms with van der Waals surface area (Å²) in [6, 6.07) is -0.0550. The molecule has 1 unspecified atom stereocenters. The van der Waals surface area contributed by atoms with Crippen LogP contribution >= 0.6 is 11.8 Å². The minimum atomic E-state index is -0.0550. The van der Waals surface area contributed by atoms with Gasteiger partial charge in [-0.25, -0.2) is 0 Å². The largest absolute Gasteiger partial charge is 0.347 e. The van der Waals surface area contributed by atoms with E-state index in [4.69, 9.17) is 0 Å². The highest BCUT2D eigenvalue weighted by atomic mass is 32.2. The van der Waals surface area contributed by atoms with Crippen LogP contribution in [0.25, 0.3) is 0 Å². The number of carbonyl (C=O) groups is 1. The highest BCUT2D eigenvalue weighted by Crippen LogP contribution is 2.01.